The summed E-state index contributed by atoms with van der Waals surface area (Å²) in [6.07, 6.45) is 1.65. The van der Waals surface area contributed by atoms with E-state index in [1.807, 2.05) is 49.3 Å². The number of aromatic nitrogens is 1. The van der Waals surface area contributed by atoms with Gasteiger partial charge in [0.1, 0.15) is 0 Å². The number of halogens is 2. The molecule has 1 atom stereocenters. The fourth-order valence-electron chi connectivity index (χ4n) is 2.92. The SMILES string of the molecule is CN(C)[C@@H](CNC(=O)c1ccc(Cl)c2cccnc12)c1ccccc1Cl. The van der Waals surface area contributed by atoms with Crippen molar-refractivity contribution < 1.29 is 4.79 Å². The van der Waals surface area contributed by atoms with E-state index in [1.165, 1.54) is 0 Å². The summed E-state index contributed by atoms with van der Waals surface area (Å²) in [6, 6.07) is 14.7. The van der Waals surface area contributed by atoms with Gasteiger partial charge in [-0.25, -0.2) is 0 Å². The second-order valence-corrected chi connectivity index (χ2v) is 7.02. The molecule has 0 spiro atoms. The molecule has 1 N–H and O–H groups in total. The fourth-order valence-corrected chi connectivity index (χ4v) is 3.40. The highest BCUT2D eigenvalue weighted by atomic mass is 35.5. The molecule has 3 rings (SSSR count). The highest BCUT2D eigenvalue weighted by Gasteiger charge is 2.19. The lowest BCUT2D eigenvalue weighted by Gasteiger charge is -2.26. The predicted octanol–water partition coefficient (Wildman–Crippen LogP) is 4.57. The maximum absolute atomic E-state index is 12.8. The Morgan fingerprint density at radius 3 is 2.58 bits per heavy atom. The number of rotatable bonds is 5. The topological polar surface area (TPSA) is 45.2 Å². The average molecular weight is 388 g/mol. The lowest BCUT2D eigenvalue weighted by Crippen LogP contribution is -2.34. The van der Waals surface area contributed by atoms with Crippen LogP contribution in [0.4, 0.5) is 0 Å². The van der Waals surface area contributed by atoms with E-state index < -0.39 is 0 Å². The lowest BCUT2D eigenvalue weighted by atomic mass is 10.1. The van der Waals surface area contributed by atoms with E-state index in [0.29, 0.717) is 27.7 Å². The van der Waals surface area contributed by atoms with E-state index in [9.17, 15) is 4.79 Å². The predicted molar refractivity (Wildman–Crippen MR) is 107 cm³/mol. The number of amides is 1. The molecule has 134 valence electrons. The minimum atomic E-state index is -0.190. The Labute approximate surface area is 162 Å². The van der Waals surface area contributed by atoms with Crippen LogP contribution < -0.4 is 5.32 Å². The van der Waals surface area contributed by atoms with E-state index in [4.69, 9.17) is 23.2 Å². The summed E-state index contributed by atoms with van der Waals surface area (Å²) in [5, 5.41) is 5.01. The molecule has 6 heteroatoms. The normalized spacial score (nSPS) is 12.3. The number of nitrogens with zero attached hydrogens (tertiary/aromatic N) is 2. The molecule has 0 unspecified atom stereocenters. The summed E-state index contributed by atoms with van der Waals surface area (Å²) < 4.78 is 0. The Hall–Kier alpha value is -2.14. The molecule has 0 fully saturated rings. The third-order valence-corrected chi connectivity index (χ3v) is 4.98. The van der Waals surface area contributed by atoms with Gasteiger partial charge in [0, 0.05) is 23.2 Å². The summed E-state index contributed by atoms with van der Waals surface area (Å²) in [5.41, 5.74) is 2.07. The zero-order valence-corrected chi connectivity index (χ0v) is 16.1. The Morgan fingerprint density at radius 2 is 1.85 bits per heavy atom. The molecule has 0 aliphatic carbocycles. The van der Waals surface area contributed by atoms with Gasteiger partial charge < -0.3 is 10.2 Å². The molecule has 0 aliphatic rings. The van der Waals surface area contributed by atoms with Crippen LogP contribution in [-0.4, -0.2) is 36.4 Å². The number of nitrogens with one attached hydrogen (secondary N) is 1. The van der Waals surface area contributed by atoms with Gasteiger partial charge in [0.25, 0.3) is 5.91 Å². The summed E-state index contributed by atoms with van der Waals surface area (Å²) in [7, 11) is 3.92. The van der Waals surface area contributed by atoms with Gasteiger partial charge >= 0.3 is 0 Å². The molecular weight excluding hydrogens is 369 g/mol. The third-order valence-electron chi connectivity index (χ3n) is 4.30. The zero-order chi connectivity index (χ0) is 18.7. The van der Waals surface area contributed by atoms with Crippen molar-refractivity contribution in [2.75, 3.05) is 20.6 Å². The fraction of sp³-hybridized carbons (Fsp3) is 0.200. The van der Waals surface area contributed by atoms with Crippen molar-refractivity contribution >= 4 is 40.0 Å². The number of benzene rings is 2. The number of fused-ring (bicyclic) bond motifs is 1. The van der Waals surface area contributed by atoms with Crippen molar-refractivity contribution in [3.8, 4) is 0 Å². The maximum atomic E-state index is 12.8. The van der Waals surface area contributed by atoms with Crippen molar-refractivity contribution in [2.24, 2.45) is 0 Å². The van der Waals surface area contributed by atoms with Gasteiger partial charge in [-0.2, -0.15) is 0 Å². The smallest absolute Gasteiger partial charge is 0.253 e. The number of carbonyl (C=O) groups is 1. The molecule has 1 heterocycles. The van der Waals surface area contributed by atoms with Crippen LogP contribution in [0.3, 0.4) is 0 Å². The van der Waals surface area contributed by atoms with Gasteiger partial charge in [-0.05, 0) is 50.0 Å². The van der Waals surface area contributed by atoms with Crippen LogP contribution in [0.2, 0.25) is 10.0 Å². The molecule has 3 aromatic rings. The molecular formula is C20H19Cl2N3O. The van der Waals surface area contributed by atoms with Crippen LogP contribution in [0.25, 0.3) is 10.9 Å². The Bertz CT molecular complexity index is 943. The molecule has 0 saturated carbocycles. The maximum Gasteiger partial charge on any atom is 0.253 e. The van der Waals surface area contributed by atoms with E-state index >= 15 is 0 Å². The summed E-state index contributed by atoms with van der Waals surface area (Å²) in [5.74, 6) is -0.190. The second-order valence-electron chi connectivity index (χ2n) is 6.21. The van der Waals surface area contributed by atoms with Crippen LogP contribution in [-0.2, 0) is 0 Å². The third kappa shape index (κ3) is 3.83. The van der Waals surface area contributed by atoms with E-state index in [-0.39, 0.29) is 11.9 Å². The first-order valence-electron chi connectivity index (χ1n) is 8.21. The van der Waals surface area contributed by atoms with Crippen LogP contribution >= 0.6 is 23.2 Å². The molecule has 0 radical (unpaired) electrons. The quantitative estimate of drug-likeness (QED) is 0.696. The van der Waals surface area contributed by atoms with Crippen molar-refractivity contribution in [2.45, 2.75) is 6.04 Å². The van der Waals surface area contributed by atoms with Crippen LogP contribution in [0.15, 0.2) is 54.7 Å². The number of pyridine rings is 1. The van der Waals surface area contributed by atoms with Gasteiger partial charge in [0.2, 0.25) is 0 Å². The molecule has 1 amide bonds. The largest absolute Gasteiger partial charge is 0.350 e. The number of hydrogen-bond donors (Lipinski definition) is 1. The number of hydrogen-bond acceptors (Lipinski definition) is 3. The van der Waals surface area contributed by atoms with Crippen molar-refractivity contribution in [1.29, 1.82) is 0 Å². The second kappa shape index (κ2) is 8.04. The number of likely N-dealkylation sites (N-methyl/N-ethyl adjacent to an activating group) is 1. The number of carbonyl (C=O) groups excluding carboxylic acids is 1. The molecule has 26 heavy (non-hydrogen) atoms. The first kappa shape index (κ1) is 18.6. The first-order valence-corrected chi connectivity index (χ1v) is 8.97. The molecule has 4 nitrogen and oxygen atoms in total. The standard InChI is InChI=1S/C20H19Cl2N3O/c1-25(2)18(13-6-3-4-8-16(13)21)12-24-20(26)15-9-10-17(22)14-7-5-11-23-19(14)15/h3-11,18H,12H2,1-2H3,(H,24,26)/t18-/m0/s1. The summed E-state index contributed by atoms with van der Waals surface area (Å²) >= 11 is 12.5. The van der Waals surface area contributed by atoms with Crippen molar-refractivity contribution in [3.05, 3.63) is 75.9 Å². The van der Waals surface area contributed by atoms with E-state index in [2.05, 4.69) is 10.3 Å². The van der Waals surface area contributed by atoms with Gasteiger partial charge in [-0.15, -0.1) is 0 Å². The van der Waals surface area contributed by atoms with E-state index in [1.54, 1.807) is 24.4 Å². The highest BCUT2D eigenvalue weighted by Crippen LogP contribution is 2.27. The molecule has 2 aromatic carbocycles. The molecule has 1 aromatic heterocycles. The monoisotopic (exact) mass is 387 g/mol. The zero-order valence-electron chi connectivity index (χ0n) is 14.5. The van der Waals surface area contributed by atoms with E-state index in [0.717, 1.165) is 10.9 Å². The van der Waals surface area contributed by atoms with Gasteiger partial charge in [-0.1, -0.05) is 41.4 Å². The minimum Gasteiger partial charge on any atom is -0.350 e. The van der Waals surface area contributed by atoms with Gasteiger partial charge in [0.05, 0.1) is 22.1 Å². The first-order chi connectivity index (χ1) is 12.5. The molecule has 0 saturated heterocycles. The van der Waals surface area contributed by atoms with Gasteiger partial charge in [0.15, 0.2) is 0 Å². The summed E-state index contributed by atoms with van der Waals surface area (Å²) in [4.78, 5) is 19.1. The van der Waals surface area contributed by atoms with Crippen LogP contribution in [0.1, 0.15) is 22.0 Å². The summed E-state index contributed by atoms with van der Waals surface area (Å²) in [6.45, 7) is 0.423. The van der Waals surface area contributed by atoms with Crippen molar-refractivity contribution in [1.82, 2.24) is 15.2 Å². The lowest BCUT2D eigenvalue weighted by molar-refractivity contribution is 0.0943. The Morgan fingerprint density at radius 1 is 1.08 bits per heavy atom. The molecule has 0 bridgehead atoms. The van der Waals surface area contributed by atoms with Crippen molar-refractivity contribution in [3.63, 3.8) is 0 Å². The van der Waals surface area contributed by atoms with Crippen LogP contribution in [0, 0.1) is 0 Å². The molecule has 0 aliphatic heterocycles. The minimum absolute atomic E-state index is 0.0424. The highest BCUT2D eigenvalue weighted by molar-refractivity contribution is 6.36. The average Bonchev–Trinajstić information content (AvgIpc) is 2.63. The Kier molecular flexibility index (Phi) is 5.77. The van der Waals surface area contributed by atoms with Gasteiger partial charge in [-0.3, -0.25) is 9.78 Å². The Balaban J connectivity index is 1.84. The van der Waals surface area contributed by atoms with Crippen LogP contribution in [0.5, 0.6) is 0 Å².